The smallest absolute Gasteiger partial charge is 0.259 e. The van der Waals surface area contributed by atoms with Gasteiger partial charge in [-0.2, -0.15) is 15.3 Å². The van der Waals surface area contributed by atoms with E-state index in [0.717, 1.165) is 34.4 Å². The molecule has 1 N–H and O–H groups in total. The summed E-state index contributed by atoms with van der Waals surface area (Å²) in [6.45, 7) is 6.08. The molecule has 7 nitrogen and oxygen atoms in total. The van der Waals surface area contributed by atoms with Crippen LogP contribution in [0.5, 0.6) is 0 Å². The molecule has 1 aliphatic carbocycles. The van der Waals surface area contributed by atoms with Crippen LogP contribution in [0.25, 0.3) is 16.9 Å². The Balaban J connectivity index is 1.62. The molecule has 2 aromatic carbocycles. The number of aliphatic hydroxyl groups excluding tert-OH is 1. The van der Waals surface area contributed by atoms with Crippen LogP contribution in [0.4, 0.5) is 0 Å². The molecule has 0 atom stereocenters. The van der Waals surface area contributed by atoms with E-state index in [1.165, 1.54) is 6.33 Å². The van der Waals surface area contributed by atoms with Gasteiger partial charge >= 0.3 is 0 Å². The molecule has 2 heterocycles. The minimum Gasteiger partial charge on any atom is -0.393 e. The molecule has 1 fully saturated rings. The van der Waals surface area contributed by atoms with Gasteiger partial charge in [0.2, 0.25) is 5.78 Å². The Morgan fingerprint density at radius 2 is 1.92 bits per heavy atom. The molecule has 0 saturated heterocycles. The SMILES string of the molecule is C=CCC1(n2c(=O)c(Cc3ccc(-c4ccccc4C#N)cc3)c(CCC)n3ncnc23)CCC(O)CC1. The number of nitrogens with zero attached hydrogens (tertiary/aromatic N) is 5. The van der Waals surface area contributed by atoms with Crippen LogP contribution in [0.15, 0.2) is 72.3 Å². The molecule has 0 unspecified atom stereocenters. The first-order chi connectivity index (χ1) is 18.5. The molecular weight excluding hydrogens is 474 g/mol. The number of hydrogen-bond acceptors (Lipinski definition) is 5. The summed E-state index contributed by atoms with van der Waals surface area (Å²) in [7, 11) is 0. The largest absolute Gasteiger partial charge is 0.393 e. The van der Waals surface area contributed by atoms with Gasteiger partial charge < -0.3 is 5.11 Å². The van der Waals surface area contributed by atoms with Crippen LogP contribution in [0.1, 0.15) is 67.8 Å². The van der Waals surface area contributed by atoms with Gasteiger partial charge in [-0.05, 0) is 61.3 Å². The summed E-state index contributed by atoms with van der Waals surface area (Å²) in [5.41, 5.74) is 4.60. The summed E-state index contributed by atoms with van der Waals surface area (Å²) in [5.74, 6) is 0.559. The molecule has 1 saturated carbocycles. The third-order valence-corrected chi connectivity index (χ3v) is 7.86. The molecular formula is C31H33N5O2. The molecule has 4 aromatic rings. The predicted molar refractivity (Wildman–Crippen MR) is 148 cm³/mol. The molecule has 1 aliphatic rings. The van der Waals surface area contributed by atoms with Crippen molar-refractivity contribution in [3.63, 3.8) is 0 Å². The van der Waals surface area contributed by atoms with Crippen molar-refractivity contribution in [1.29, 1.82) is 5.26 Å². The topological polar surface area (TPSA) is 96.2 Å². The van der Waals surface area contributed by atoms with Gasteiger partial charge in [-0.3, -0.25) is 9.36 Å². The molecule has 0 radical (unpaired) electrons. The fourth-order valence-corrected chi connectivity index (χ4v) is 5.92. The summed E-state index contributed by atoms with van der Waals surface area (Å²) in [6, 6.07) is 17.9. The number of aryl methyl sites for hydroxylation is 1. The number of aromatic nitrogens is 4. The fourth-order valence-electron chi connectivity index (χ4n) is 5.92. The van der Waals surface area contributed by atoms with Crippen LogP contribution in [0, 0.1) is 11.3 Å². The van der Waals surface area contributed by atoms with Gasteiger partial charge in [0.15, 0.2) is 0 Å². The zero-order valence-corrected chi connectivity index (χ0v) is 21.8. The molecule has 2 aromatic heterocycles. The second-order valence-corrected chi connectivity index (χ2v) is 10.3. The quantitative estimate of drug-likeness (QED) is 0.332. The monoisotopic (exact) mass is 507 g/mol. The molecule has 7 heteroatoms. The molecule has 5 rings (SSSR count). The third kappa shape index (κ3) is 4.57. The van der Waals surface area contributed by atoms with Gasteiger partial charge in [0.25, 0.3) is 5.56 Å². The third-order valence-electron chi connectivity index (χ3n) is 7.86. The molecule has 0 amide bonds. The van der Waals surface area contributed by atoms with E-state index in [1.54, 1.807) is 0 Å². The Kier molecular flexibility index (Phi) is 7.26. The summed E-state index contributed by atoms with van der Waals surface area (Å²) in [6.07, 6.45) is 8.37. The van der Waals surface area contributed by atoms with E-state index >= 15 is 0 Å². The van der Waals surface area contributed by atoms with Crippen LogP contribution in [0.2, 0.25) is 0 Å². The first-order valence-electron chi connectivity index (χ1n) is 13.4. The molecule has 0 aliphatic heterocycles. The lowest BCUT2D eigenvalue weighted by Gasteiger charge is -2.40. The van der Waals surface area contributed by atoms with Gasteiger partial charge in [-0.1, -0.05) is 61.9 Å². The Bertz CT molecular complexity index is 1550. The summed E-state index contributed by atoms with van der Waals surface area (Å²) < 4.78 is 3.69. The number of allylic oxidation sites excluding steroid dienone is 1. The Labute approximate surface area is 222 Å². The summed E-state index contributed by atoms with van der Waals surface area (Å²) in [4.78, 5) is 18.9. The number of rotatable bonds is 8. The number of benzene rings is 2. The highest BCUT2D eigenvalue weighted by Crippen LogP contribution is 2.38. The maximum atomic E-state index is 14.4. The van der Waals surface area contributed by atoms with E-state index in [0.29, 0.717) is 56.3 Å². The van der Waals surface area contributed by atoms with Crippen molar-refractivity contribution in [2.24, 2.45) is 0 Å². The van der Waals surface area contributed by atoms with Gasteiger partial charge in [0.1, 0.15) is 6.33 Å². The van der Waals surface area contributed by atoms with E-state index in [4.69, 9.17) is 0 Å². The number of aliphatic hydroxyl groups is 1. The molecule has 0 spiro atoms. The zero-order valence-electron chi connectivity index (χ0n) is 21.8. The van der Waals surface area contributed by atoms with Gasteiger partial charge in [0.05, 0.1) is 29.0 Å². The average Bonchev–Trinajstić information content (AvgIpc) is 3.42. The van der Waals surface area contributed by atoms with Crippen molar-refractivity contribution in [3.8, 4) is 17.2 Å². The zero-order chi connectivity index (χ0) is 26.7. The molecule has 0 bridgehead atoms. The number of fused-ring (bicyclic) bond motifs is 1. The standard InChI is InChI=1S/C31H33N5O2/c1-3-7-28-27(19-22-10-12-23(13-11-22)26-9-6-5-8-24(26)20-32)29(38)35(30-33-21-34-36(28)30)31(16-4-2)17-14-25(37)15-18-31/h4-6,8-13,21,25,37H,2-3,7,14-19H2,1H3. The number of hydrogen-bond donors (Lipinski definition) is 1. The van der Waals surface area contributed by atoms with Gasteiger partial charge in [-0.15, -0.1) is 6.58 Å². The summed E-state index contributed by atoms with van der Waals surface area (Å²) >= 11 is 0. The van der Waals surface area contributed by atoms with Crippen molar-refractivity contribution in [3.05, 3.63) is 100 Å². The first-order valence-corrected chi connectivity index (χ1v) is 13.4. The normalized spacial score (nSPS) is 19.3. The van der Waals surface area contributed by atoms with Crippen molar-refractivity contribution >= 4 is 5.78 Å². The van der Waals surface area contributed by atoms with Gasteiger partial charge in [-0.25, -0.2) is 4.52 Å². The lowest BCUT2D eigenvalue weighted by atomic mass is 9.77. The predicted octanol–water partition coefficient (Wildman–Crippen LogP) is 5.18. The lowest BCUT2D eigenvalue weighted by molar-refractivity contribution is 0.0679. The van der Waals surface area contributed by atoms with E-state index in [9.17, 15) is 15.2 Å². The average molecular weight is 508 g/mol. The maximum absolute atomic E-state index is 14.4. The van der Waals surface area contributed by atoms with E-state index in [-0.39, 0.29) is 11.7 Å². The highest BCUT2D eigenvalue weighted by Gasteiger charge is 2.39. The first kappa shape index (κ1) is 25.6. The minimum atomic E-state index is -0.489. The second-order valence-electron chi connectivity index (χ2n) is 10.3. The summed E-state index contributed by atoms with van der Waals surface area (Å²) in [5, 5.41) is 24.3. The molecule has 38 heavy (non-hydrogen) atoms. The van der Waals surface area contributed by atoms with Crippen molar-refractivity contribution in [1.82, 2.24) is 19.2 Å². The van der Waals surface area contributed by atoms with E-state index in [1.807, 2.05) is 63.7 Å². The fraction of sp³-hybridized carbons (Fsp3) is 0.355. The van der Waals surface area contributed by atoms with Crippen molar-refractivity contribution in [2.75, 3.05) is 0 Å². The highest BCUT2D eigenvalue weighted by molar-refractivity contribution is 5.70. The van der Waals surface area contributed by atoms with Gasteiger partial charge in [0, 0.05) is 12.0 Å². The number of nitriles is 1. The van der Waals surface area contributed by atoms with E-state index < -0.39 is 5.54 Å². The Morgan fingerprint density at radius 3 is 2.61 bits per heavy atom. The van der Waals surface area contributed by atoms with Crippen LogP contribution < -0.4 is 5.56 Å². The second kappa shape index (κ2) is 10.8. The van der Waals surface area contributed by atoms with Crippen LogP contribution in [-0.2, 0) is 18.4 Å². The van der Waals surface area contributed by atoms with Crippen LogP contribution in [0.3, 0.4) is 0 Å². The molecule has 194 valence electrons. The van der Waals surface area contributed by atoms with Crippen molar-refractivity contribution in [2.45, 2.75) is 69.9 Å². The highest BCUT2D eigenvalue weighted by atomic mass is 16.3. The van der Waals surface area contributed by atoms with E-state index in [2.05, 4.69) is 29.7 Å². The van der Waals surface area contributed by atoms with Crippen LogP contribution in [-0.4, -0.2) is 30.4 Å². The maximum Gasteiger partial charge on any atom is 0.259 e. The van der Waals surface area contributed by atoms with Crippen molar-refractivity contribution < 1.29 is 5.11 Å². The lowest BCUT2D eigenvalue weighted by Crippen LogP contribution is -2.47. The Morgan fingerprint density at radius 1 is 1.18 bits per heavy atom. The Hall–Kier alpha value is -4.02. The minimum absolute atomic E-state index is 0.0360. The van der Waals surface area contributed by atoms with Crippen LogP contribution >= 0.6 is 0 Å².